The molecule has 1 fully saturated rings. The maximum atomic E-state index is 15.3. The summed E-state index contributed by atoms with van der Waals surface area (Å²) in [4.78, 5) is 28.3. The number of hydrogen-bond acceptors (Lipinski definition) is 5. The van der Waals surface area contributed by atoms with Gasteiger partial charge in [-0.1, -0.05) is 0 Å². The number of nitrogens with two attached hydrogens (primary N) is 1. The van der Waals surface area contributed by atoms with Gasteiger partial charge < -0.3 is 0 Å². The van der Waals surface area contributed by atoms with Crippen LogP contribution in [0, 0.1) is 11.6 Å². The topological polar surface area (TPSA) is 94.0 Å². The zero-order chi connectivity index (χ0) is 20.3. The van der Waals surface area contributed by atoms with Gasteiger partial charge in [0, 0.05) is 0 Å². The summed E-state index contributed by atoms with van der Waals surface area (Å²) in [6.07, 6.45) is 0. The molecule has 1 aliphatic rings. The Bertz CT molecular complexity index is 1300. The van der Waals surface area contributed by atoms with Crippen molar-refractivity contribution in [1.82, 2.24) is 19.9 Å². The Morgan fingerprint density at radius 3 is 2.72 bits per heavy atom. The van der Waals surface area contributed by atoms with Crippen molar-refractivity contribution in [3.8, 4) is 11.4 Å². The Kier molecular flexibility index (Phi) is 4.23. The first-order valence-corrected chi connectivity index (χ1v) is 11.0. The molecule has 1 aliphatic heterocycles. The van der Waals surface area contributed by atoms with Crippen molar-refractivity contribution in [3.63, 3.8) is 0 Å². The molecule has 4 heterocycles. The van der Waals surface area contributed by atoms with E-state index >= 15 is 4.39 Å². The second-order valence-electron chi connectivity index (χ2n) is 7.20. The van der Waals surface area contributed by atoms with Crippen molar-refractivity contribution < 1.29 is 8.78 Å². The average Bonchev–Trinajstić information content (AvgIpc) is 3.30. The van der Waals surface area contributed by atoms with E-state index in [4.69, 9.17) is 5.73 Å². The molecule has 4 N–H and O–H groups in total. The van der Waals surface area contributed by atoms with Gasteiger partial charge in [-0.3, -0.25) is 0 Å². The summed E-state index contributed by atoms with van der Waals surface area (Å²) in [5, 5.41) is 0. The molecule has 7 nitrogen and oxygen atoms in total. The van der Waals surface area contributed by atoms with Gasteiger partial charge in [0.25, 0.3) is 0 Å². The third-order valence-electron chi connectivity index (χ3n) is 5.36. The van der Waals surface area contributed by atoms with Crippen LogP contribution in [0.25, 0.3) is 32.2 Å². The fraction of sp³-hybridized carbons (Fsp3) is 0.263. The number of nitrogens with one attached hydrogen (secondary N) is 2. The Morgan fingerprint density at radius 2 is 1.97 bits per heavy atom. The van der Waals surface area contributed by atoms with Crippen LogP contribution in [0.1, 0.15) is 0 Å². The van der Waals surface area contributed by atoms with E-state index < -0.39 is 17.2 Å². The second-order valence-corrected chi connectivity index (χ2v) is 9.12. The number of pyridine rings is 1. The predicted octanol–water partition coefficient (Wildman–Crippen LogP) is 1.74. The van der Waals surface area contributed by atoms with E-state index in [-0.39, 0.29) is 42.6 Å². The van der Waals surface area contributed by atoms with Crippen LogP contribution in [0.4, 0.5) is 20.2 Å². The van der Waals surface area contributed by atoms with Crippen molar-refractivity contribution >= 4 is 46.7 Å². The molecular formula is C19H18F2N6OSe. The SMILES string of the molecule is CN1CCN(c2c(F)cc3nc(-c4c(N)c5[se]ccc5[nH]c4=O)[nH]c3c2F)CC1. The summed E-state index contributed by atoms with van der Waals surface area (Å²) in [5.74, 6) is -1.23. The van der Waals surface area contributed by atoms with Crippen LogP contribution >= 0.6 is 0 Å². The number of rotatable bonds is 2. The van der Waals surface area contributed by atoms with Crippen LogP contribution in [0.3, 0.4) is 0 Å². The van der Waals surface area contributed by atoms with Crippen molar-refractivity contribution in [1.29, 1.82) is 0 Å². The van der Waals surface area contributed by atoms with Crippen molar-refractivity contribution in [2.24, 2.45) is 0 Å². The summed E-state index contributed by atoms with van der Waals surface area (Å²) in [7, 11) is 1.98. The van der Waals surface area contributed by atoms with Crippen LogP contribution < -0.4 is 16.2 Å². The van der Waals surface area contributed by atoms with Gasteiger partial charge in [0.2, 0.25) is 0 Å². The molecule has 0 aliphatic carbocycles. The Hall–Kier alpha value is -2.68. The molecule has 1 saturated heterocycles. The maximum absolute atomic E-state index is 15.3. The fourth-order valence-electron chi connectivity index (χ4n) is 3.78. The summed E-state index contributed by atoms with van der Waals surface area (Å²) in [6, 6.07) is 3.03. The molecule has 1 aromatic carbocycles. The summed E-state index contributed by atoms with van der Waals surface area (Å²) in [5.41, 5.74) is 7.12. The van der Waals surface area contributed by atoms with Gasteiger partial charge in [-0.25, -0.2) is 0 Å². The number of aromatic amines is 2. The third-order valence-corrected chi connectivity index (χ3v) is 7.35. The first-order valence-electron chi connectivity index (χ1n) is 9.14. The standard InChI is InChI=1S/C19H18F2N6OSe/c1-26-3-5-27(6-4-26)16-9(20)8-11-15(13(16)21)25-18(23-11)12-14(22)17-10(2-7-29-17)24-19(12)28/h2,7-8H,3-6H2,1H3,(H,23,25)(H3,22,24,28). The molecule has 0 saturated carbocycles. The van der Waals surface area contributed by atoms with Crippen molar-refractivity contribution in [2.75, 3.05) is 43.9 Å². The molecule has 0 unspecified atom stereocenters. The molecule has 0 spiro atoms. The number of aromatic nitrogens is 3. The molecule has 0 atom stereocenters. The van der Waals surface area contributed by atoms with Crippen LogP contribution in [0.2, 0.25) is 0 Å². The van der Waals surface area contributed by atoms with Crippen LogP contribution in [-0.4, -0.2) is 67.6 Å². The molecule has 29 heavy (non-hydrogen) atoms. The number of benzene rings is 1. The molecule has 4 aromatic rings. The van der Waals surface area contributed by atoms with Crippen LogP contribution in [0.5, 0.6) is 0 Å². The molecule has 5 rings (SSSR count). The molecular weight excluding hydrogens is 445 g/mol. The number of likely N-dealkylation sites (N-methyl/N-ethyl adjacent to an activating group) is 1. The van der Waals surface area contributed by atoms with Gasteiger partial charge in [0.05, 0.1) is 0 Å². The number of H-pyrrole nitrogens is 2. The monoisotopic (exact) mass is 464 g/mol. The average molecular weight is 463 g/mol. The Labute approximate surface area is 169 Å². The van der Waals surface area contributed by atoms with Gasteiger partial charge in [-0.05, 0) is 7.05 Å². The first kappa shape index (κ1) is 18.4. The summed E-state index contributed by atoms with van der Waals surface area (Å²) < 4.78 is 30.9. The Morgan fingerprint density at radius 1 is 1.21 bits per heavy atom. The van der Waals surface area contributed by atoms with E-state index in [1.165, 1.54) is 6.07 Å². The summed E-state index contributed by atoms with van der Waals surface area (Å²) in [6.45, 7) is 2.51. The number of fused-ring (bicyclic) bond motifs is 2. The minimum absolute atomic E-state index is 0.0103. The van der Waals surface area contributed by atoms with Crippen molar-refractivity contribution in [2.45, 2.75) is 0 Å². The molecule has 150 valence electrons. The van der Waals surface area contributed by atoms with E-state index in [0.717, 1.165) is 17.3 Å². The van der Waals surface area contributed by atoms with Crippen LogP contribution in [-0.2, 0) is 0 Å². The molecule has 0 radical (unpaired) electrons. The van der Waals surface area contributed by atoms with Crippen molar-refractivity contribution in [3.05, 3.63) is 39.1 Å². The zero-order valence-corrected chi connectivity index (χ0v) is 17.3. The predicted molar refractivity (Wildman–Crippen MR) is 111 cm³/mol. The quantitative estimate of drug-likeness (QED) is 0.394. The van der Waals surface area contributed by atoms with Gasteiger partial charge >= 0.3 is 163 Å². The fourth-order valence-corrected chi connectivity index (χ4v) is 5.49. The number of nitrogens with zero attached hydrogens (tertiary/aromatic N) is 3. The van der Waals surface area contributed by atoms with Gasteiger partial charge in [0.15, 0.2) is 0 Å². The number of imidazole rings is 1. The first-order chi connectivity index (χ1) is 13.9. The minimum atomic E-state index is -0.703. The number of nitrogen functional groups attached to an aromatic ring is 1. The molecule has 0 amide bonds. The zero-order valence-electron chi connectivity index (χ0n) is 15.6. The number of halogens is 2. The summed E-state index contributed by atoms with van der Waals surface area (Å²) >= 11 is 0.0103. The number of anilines is 2. The van der Waals surface area contributed by atoms with Gasteiger partial charge in [0.1, 0.15) is 0 Å². The van der Waals surface area contributed by atoms with Gasteiger partial charge in [-0.15, -0.1) is 0 Å². The number of hydrogen-bond donors (Lipinski definition) is 3. The van der Waals surface area contributed by atoms with E-state index in [1.807, 2.05) is 18.1 Å². The Balaban J connectivity index is 1.67. The van der Waals surface area contributed by atoms with E-state index in [9.17, 15) is 9.18 Å². The molecule has 0 bridgehead atoms. The third kappa shape index (κ3) is 2.87. The normalized spacial score (nSPS) is 15.6. The van der Waals surface area contributed by atoms with Gasteiger partial charge in [-0.2, -0.15) is 0 Å². The van der Waals surface area contributed by atoms with E-state index in [2.05, 4.69) is 19.9 Å². The van der Waals surface area contributed by atoms with E-state index in [1.54, 1.807) is 4.90 Å². The van der Waals surface area contributed by atoms with E-state index in [0.29, 0.717) is 24.3 Å². The number of piperazine rings is 1. The second kappa shape index (κ2) is 6.69. The van der Waals surface area contributed by atoms with Crippen LogP contribution in [0.15, 0.2) is 21.9 Å². The molecule has 10 heteroatoms. The molecule has 3 aromatic heterocycles.